The Balaban J connectivity index is 2.46. The number of aromatic amines is 1. The Bertz CT molecular complexity index is 313. The summed E-state index contributed by atoms with van der Waals surface area (Å²) in [6.07, 6.45) is 7.65. The fraction of sp³-hybridized carbons (Fsp3) is 0. The van der Waals surface area contributed by atoms with E-state index in [1.165, 1.54) is 0 Å². The summed E-state index contributed by atoms with van der Waals surface area (Å²) in [5.74, 6) is 0. The van der Waals surface area contributed by atoms with Gasteiger partial charge >= 0.3 is 0 Å². The Morgan fingerprint density at radius 3 is 3.00 bits per heavy atom. The first-order valence-electron chi connectivity index (χ1n) is 3.15. The van der Waals surface area contributed by atoms with Crippen molar-refractivity contribution in [2.24, 2.45) is 0 Å². The molecule has 0 bridgehead atoms. The molecule has 2 rings (SSSR count). The summed E-state index contributed by atoms with van der Waals surface area (Å²) in [6, 6.07) is 1.82. The molecule has 4 heteroatoms. The Labute approximate surface area is 63.3 Å². The zero-order chi connectivity index (χ0) is 7.52. The number of aromatic nitrogens is 4. The molecule has 0 amide bonds. The molecule has 0 aliphatic heterocycles. The number of hydrogen-bond acceptors (Lipinski definition) is 3. The second-order valence-corrected chi connectivity index (χ2v) is 1.98. The van der Waals surface area contributed by atoms with E-state index in [0.29, 0.717) is 5.69 Å². The van der Waals surface area contributed by atoms with Gasteiger partial charge in [0.2, 0.25) is 0 Å². The topological polar surface area (TPSA) is 54.5 Å². The predicted molar refractivity (Wildman–Crippen MR) is 38.4 cm³/mol. The van der Waals surface area contributed by atoms with Crippen LogP contribution in [0.1, 0.15) is 0 Å². The monoisotopic (exact) mass is 145 g/mol. The molecule has 53 valence electrons. The molecule has 0 unspecified atom stereocenters. The van der Waals surface area contributed by atoms with E-state index in [2.05, 4.69) is 26.4 Å². The summed E-state index contributed by atoms with van der Waals surface area (Å²) < 4.78 is 0. The maximum absolute atomic E-state index is 4.02. The van der Waals surface area contributed by atoms with Crippen LogP contribution in [0, 0.1) is 6.20 Å². The molecule has 0 atom stereocenters. The minimum absolute atomic E-state index is 0.661. The van der Waals surface area contributed by atoms with Gasteiger partial charge in [-0.25, -0.2) is 0 Å². The van der Waals surface area contributed by atoms with Crippen molar-refractivity contribution >= 4 is 0 Å². The molecular weight excluding hydrogens is 140 g/mol. The lowest BCUT2D eigenvalue weighted by molar-refractivity contribution is 1.08. The summed E-state index contributed by atoms with van der Waals surface area (Å²) >= 11 is 0. The molecule has 11 heavy (non-hydrogen) atoms. The minimum Gasteiger partial charge on any atom is -0.285 e. The lowest BCUT2D eigenvalue weighted by Crippen LogP contribution is -1.84. The van der Waals surface area contributed by atoms with Crippen LogP contribution < -0.4 is 0 Å². The highest BCUT2D eigenvalue weighted by molar-refractivity contribution is 5.50. The van der Waals surface area contributed by atoms with E-state index in [0.717, 1.165) is 5.69 Å². The van der Waals surface area contributed by atoms with Crippen molar-refractivity contribution in [1.29, 1.82) is 0 Å². The summed E-state index contributed by atoms with van der Waals surface area (Å²) in [5, 5.41) is 6.62. The molecule has 1 radical (unpaired) electrons. The van der Waals surface area contributed by atoms with E-state index < -0.39 is 0 Å². The van der Waals surface area contributed by atoms with Gasteiger partial charge in [0, 0.05) is 18.6 Å². The van der Waals surface area contributed by atoms with E-state index in [-0.39, 0.29) is 0 Å². The van der Waals surface area contributed by atoms with Gasteiger partial charge in [-0.1, -0.05) is 0 Å². The number of hydrogen-bond donors (Lipinski definition) is 1. The fourth-order valence-electron chi connectivity index (χ4n) is 0.784. The van der Waals surface area contributed by atoms with E-state index in [1.807, 2.05) is 6.07 Å². The second-order valence-electron chi connectivity index (χ2n) is 1.98. The number of nitrogens with zero attached hydrogens (tertiary/aromatic N) is 3. The van der Waals surface area contributed by atoms with Crippen LogP contribution in [0.3, 0.4) is 0 Å². The molecule has 4 nitrogen and oxygen atoms in total. The average Bonchev–Trinajstić information content (AvgIpc) is 2.58. The van der Waals surface area contributed by atoms with Crippen LogP contribution in [0.4, 0.5) is 0 Å². The molecule has 0 saturated carbocycles. The van der Waals surface area contributed by atoms with Gasteiger partial charge in [0.05, 0.1) is 0 Å². The van der Waals surface area contributed by atoms with Gasteiger partial charge in [0.15, 0.2) is 0 Å². The largest absolute Gasteiger partial charge is 0.285 e. The quantitative estimate of drug-likeness (QED) is 0.641. The van der Waals surface area contributed by atoms with Crippen molar-refractivity contribution in [2.75, 3.05) is 0 Å². The Morgan fingerprint density at radius 2 is 2.36 bits per heavy atom. The number of nitrogens with one attached hydrogen (secondary N) is 1. The van der Waals surface area contributed by atoms with Crippen LogP contribution in [0.15, 0.2) is 24.7 Å². The van der Waals surface area contributed by atoms with Crippen molar-refractivity contribution in [3.8, 4) is 11.4 Å². The lowest BCUT2D eigenvalue weighted by Gasteiger charge is -1.89. The molecule has 0 aromatic carbocycles. The predicted octanol–water partition coefficient (Wildman–Crippen LogP) is 0.667. The standard InChI is InChI=1S/C7H5N4/c1-2-10-11-6(1)7-5-8-3-4-9-7/h1-4H,(H,10,11). The average molecular weight is 145 g/mol. The Morgan fingerprint density at radius 1 is 1.36 bits per heavy atom. The van der Waals surface area contributed by atoms with Crippen LogP contribution in [-0.2, 0) is 0 Å². The van der Waals surface area contributed by atoms with E-state index in [9.17, 15) is 0 Å². The molecule has 2 aromatic rings. The van der Waals surface area contributed by atoms with Gasteiger partial charge in [-0.2, -0.15) is 5.10 Å². The van der Waals surface area contributed by atoms with Gasteiger partial charge in [0.25, 0.3) is 0 Å². The van der Waals surface area contributed by atoms with Crippen molar-refractivity contribution in [3.63, 3.8) is 0 Å². The maximum atomic E-state index is 4.02. The Kier molecular flexibility index (Phi) is 1.37. The summed E-state index contributed by atoms with van der Waals surface area (Å²) in [6.45, 7) is 0. The van der Waals surface area contributed by atoms with Crippen LogP contribution in [0.2, 0.25) is 0 Å². The minimum atomic E-state index is 0.661. The zero-order valence-electron chi connectivity index (χ0n) is 5.65. The molecule has 2 aromatic heterocycles. The summed E-state index contributed by atoms with van der Waals surface area (Å²) in [7, 11) is 0. The van der Waals surface area contributed by atoms with Gasteiger partial charge in [-0.3, -0.25) is 15.1 Å². The maximum Gasteiger partial charge on any atom is 0.119 e. The highest BCUT2D eigenvalue weighted by Gasteiger charge is 1.98. The summed E-state index contributed by atoms with van der Waals surface area (Å²) in [5.41, 5.74) is 1.42. The molecule has 1 N–H and O–H groups in total. The van der Waals surface area contributed by atoms with Crippen LogP contribution in [0.5, 0.6) is 0 Å². The summed E-state index contributed by atoms with van der Waals surface area (Å²) in [4.78, 5) is 7.82. The van der Waals surface area contributed by atoms with Crippen molar-refractivity contribution < 1.29 is 0 Å². The van der Waals surface area contributed by atoms with Gasteiger partial charge in [0.1, 0.15) is 17.6 Å². The Hall–Kier alpha value is -1.71. The molecule has 0 aliphatic rings. The van der Waals surface area contributed by atoms with Crippen LogP contribution in [0.25, 0.3) is 11.4 Å². The molecule has 0 fully saturated rings. The first-order chi connectivity index (χ1) is 5.47. The van der Waals surface area contributed by atoms with E-state index in [1.54, 1.807) is 18.6 Å². The normalized spacial score (nSPS) is 9.82. The first-order valence-corrected chi connectivity index (χ1v) is 3.15. The van der Waals surface area contributed by atoms with Gasteiger partial charge in [-0.15, -0.1) is 0 Å². The first kappa shape index (κ1) is 6.03. The lowest BCUT2D eigenvalue weighted by atomic mass is 10.3. The zero-order valence-corrected chi connectivity index (χ0v) is 5.65. The van der Waals surface area contributed by atoms with Crippen LogP contribution >= 0.6 is 0 Å². The highest BCUT2D eigenvalue weighted by Crippen LogP contribution is 2.08. The third-order valence-electron chi connectivity index (χ3n) is 1.26. The third kappa shape index (κ3) is 1.10. The molecule has 2 heterocycles. The van der Waals surface area contributed by atoms with Crippen molar-refractivity contribution in [2.45, 2.75) is 0 Å². The van der Waals surface area contributed by atoms with Gasteiger partial charge < -0.3 is 0 Å². The van der Waals surface area contributed by atoms with E-state index in [4.69, 9.17) is 0 Å². The third-order valence-corrected chi connectivity index (χ3v) is 1.26. The van der Waals surface area contributed by atoms with E-state index >= 15 is 0 Å². The van der Waals surface area contributed by atoms with Crippen LogP contribution in [-0.4, -0.2) is 20.2 Å². The molecular formula is C7H5N4. The SMILES string of the molecule is [c]1nccnc1-c1cc[nH]n1. The van der Waals surface area contributed by atoms with Crippen molar-refractivity contribution in [3.05, 3.63) is 30.9 Å². The smallest absolute Gasteiger partial charge is 0.119 e. The molecule has 0 saturated heterocycles. The van der Waals surface area contributed by atoms with Gasteiger partial charge in [-0.05, 0) is 6.07 Å². The van der Waals surface area contributed by atoms with Crippen molar-refractivity contribution in [1.82, 2.24) is 20.2 Å². The molecule has 0 aliphatic carbocycles. The number of H-pyrrole nitrogens is 1. The highest BCUT2D eigenvalue weighted by atomic mass is 15.1. The second kappa shape index (κ2) is 2.49. The number of rotatable bonds is 1. The molecule has 0 spiro atoms. The fourth-order valence-corrected chi connectivity index (χ4v) is 0.784.